The van der Waals surface area contributed by atoms with Crippen molar-refractivity contribution in [1.29, 1.82) is 0 Å². The Balaban J connectivity index is 2.14. The number of ether oxygens (including phenoxy) is 1. The van der Waals surface area contributed by atoms with Gasteiger partial charge >= 0.3 is 0 Å². The molecule has 0 unspecified atom stereocenters. The van der Waals surface area contributed by atoms with Gasteiger partial charge in [0, 0.05) is 30.4 Å². The molecule has 1 aromatic carbocycles. The van der Waals surface area contributed by atoms with Crippen LogP contribution in [0.3, 0.4) is 0 Å². The van der Waals surface area contributed by atoms with Crippen LogP contribution >= 0.6 is 0 Å². The quantitative estimate of drug-likeness (QED) is 0.789. The largest absolute Gasteiger partial charge is 0.508 e. The number of primary amides is 1. The van der Waals surface area contributed by atoms with Gasteiger partial charge < -0.3 is 20.5 Å². The lowest BCUT2D eigenvalue weighted by Gasteiger charge is -2.29. The summed E-state index contributed by atoms with van der Waals surface area (Å²) in [5.41, 5.74) is 6.61. The zero-order chi connectivity index (χ0) is 12.3. The van der Waals surface area contributed by atoms with Crippen LogP contribution in [0, 0.1) is 0 Å². The lowest BCUT2D eigenvalue weighted by Crippen LogP contribution is -2.36. The van der Waals surface area contributed by atoms with Gasteiger partial charge in [0.05, 0.1) is 19.6 Å². The van der Waals surface area contributed by atoms with Crippen LogP contribution in [0.25, 0.3) is 0 Å². The molecule has 0 bridgehead atoms. The molecule has 17 heavy (non-hydrogen) atoms. The van der Waals surface area contributed by atoms with Crippen LogP contribution in [-0.2, 0) is 16.0 Å². The Bertz CT molecular complexity index is 414. The highest BCUT2D eigenvalue weighted by molar-refractivity contribution is 5.77. The number of rotatable bonds is 3. The van der Waals surface area contributed by atoms with Crippen molar-refractivity contribution in [3.05, 3.63) is 23.8 Å². The highest BCUT2D eigenvalue weighted by atomic mass is 16.5. The molecule has 1 amide bonds. The summed E-state index contributed by atoms with van der Waals surface area (Å²) in [6, 6.07) is 5.30. The second-order valence-electron chi connectivity index (χ2n) is 4.06. The zero-order valence-corrected chi connectivity index (χ0v) is 9.56. The van der Waals surface area contributed by atoms with Crippen molar-refractivity contribution in [2.75, 3.05) is 31.2 Å². The summed E-state index contributed by atoms with van der Waals surface area (Å²) in [7, 11) is 0. The molecule has 0 aliphatic carbocycles. The van der Waals surface area contributed by atoms with Crippen LogP contribution in [0.5, 0.6) is 5.75 Å². The fourth-order valence-corrected chi connectivity index (χ4v) is 1.91. The Morgan fingerprint density at radius 3 is 2.71 bits per heavy atom. The van der Waals surface area contributed by atoms with E-state index in [-0.39, 0.29) is 12.2 Å². The van der Waals surface area contributed by atoms with Crippen molar-refractivity contribution in [2.24, 2.45) is 5.73 Å². The second-order valence-corrected chi connectivity index (χ2v) is 4.06. The van der Waals surface area contributed by atoms with Crippen molar-refractivity contribution in [3.8, 4) is 5.75 Å². The van der Waals surface area contributed by atoms with E-state index in [9.17, 15) is 9.90 Å². The molecular formula is C12H16N2O3. The molecule has 0 aromatic heterocycles. The smallest absolute Gasteiger partial charge is 0.221 e. The minimum absolute atomic E-state index is 0.0647. The second kappa shape index (κ2) is 5.05. The summed E-state index contributed by atoms with van der Waals surface area (Å²) in [4.78, 5) is 12.9. The molecule has 1 fully saturated rings. The number of hydrogen-bond donors (Lipinski definition) is 2. The molecule has 1 saturated heterocycles. The third-order valence-electron chi connectivity index (χ3n) is 2.81. The number of phenolic OH excluding ortho intramolecular Hbond substituents is 1. The summed E-state index contributed by atoms with van der Waals surface area (Å²) in [6.07, 6.45) is 0.0647. The van der Waals surface area contributed by atoms with Gasteiger partial charge in [-0.2, -0.15) is 0 Å². The maximum atomic E-state index is 10.8. The van der Waals surface area contributed by atoms with Gasteiger partial charge in [0.2, 0.25) is 5.91 Å². The third-order valence-corrected chi connectivity index (χ3v) is 2.81. The van der Waals surface area contributed by atoms with Crippen LogP contribution in [-0.4, -0.2) is 37.3 Å². The van der Waals surface area contributed by atoms with E-state index in [1.165, 1.54) is 0 Å². The molecule has 1 aliphatic heterocycles. The standard InChI is InChI=1S/C12H16N2O3/c13-12(16)7-9-1-2-10(8-11(9)15)14-3-5-17-6-4-14/h1-2,8,15H,3-7H2,(H2,13,16). The number of nitrogens with two attached hydrogens (primary N) is 1. The number of nitrogens with zero attached hydrogens (tertiary/aromatic N) is 1. The highest BCUT2D eigenvalue weighted by Crippen LogP contribution is 2.25. The van der Waals surface area contributed by atoms with Crippen molar-refractivity contribution in [1.82, 2.24) is 0 Å². The Morgan fingerprint density at radius 2 is 2.12 bits per heavy atom. The SMILES string of the molecule is NC(=O)Cc1ccc(N2CCOCC2)cc1O. The fourth-order valence-electron chi connectivity index (χ4n) is 1.91. The molecule has 0 atom stereocenters. The molecule has 0 radical (unpaired) electrons. The lowest BCUT2D eigenvalue weighted by molar-refractivity contribution is -0.117. The Morgan fingerprint density at radius 1 is 1.41 bits per heavy atom. The van der Waals surface area contributed by atoms with Gasteiger partial charge in [-0.3, -0.25) is 4.79 Å². The summed E-state index contributed by atoms with van der Waals surface area (Å²) in [5.74, 6) is -0.327. The van der Waals surface area contributed by atoms with Gasteiger partial charge in [-0.1, -0.05) is 6.07 Å². The minimum Gasteiger partial charge on any atom is -0.508 e. The van der Waals surface area contributed by atoms with Gasteiger partial charge in [0.25, 0.3) is 0 Å². The van der Waals surface area contributed by atoms with E-state index in [0.29, 0.717) is 18.8 Å². The van der Waals surface area contributed by atoms with Gasteiger partial charge in [-0.15, -0.1) is 0 Å². The molecule has 2 rings (SSSR count). The lowest BCUT2D eigenvalue weighted by atomic mass is 10.1. The van der Waals surface area contributed by atoms with Gasteiger partial charge in [0.15, 0.2) is 0 Å². The molecule has 92 valence electrons. The maximum Gasteiger partial charge on any atom is 0.221 e. The van der Waals surface area contributed by atoms with Gasteiger partial charge in [-0.25, -0.2) is 0 Å². The molecule has 1 aliphatic rings. The topological polar surface area (TPSA) is 75.8 Å². The maximum absolute atomic E-state index is 10.8. The predicted molar refractivity (Wildman–Crippen MR) is 64.0 cm³/mol. The summed E-state index contributed by atoms with van der Waals surface area (Å²) >= 11 is 0. The fraction of sp³-hybridized carbons (Fsp3) is 0.417. The number of phenols is 1. The first kappa shape index (κ1) is 11.7. The molecule has 5 heteroatoms. The normalized spacial score (nSPS) is 15.9. The number of carbonyl (C=O) groups is 1. The van der Waals surface area contributed by atoms with Crippen LogP contribution < -0.4 is 10.6 Å². The Labute approximate surface area is 99.8 Å². The van der Waals surface area contributed by atoms with E-state index in [1.807, 2.05) is 6.07 Å². The molecule has 1 aromatic rings. The van der Waals surface area contributed by atoms with Crippen LogP contribution in [0.4, 0.5) is 5.69 Å². The zero-order valence-electron chi connectivity index (χ0n) is 9.56. The molecular weight excluding hydrogens is 220 g/mol. The number of benzene rings is 1. The summed E-state index contributed by atoms with van der Waals surface area (Å²) in [6.45, 7) is 3.02. The van der Waals surface area contributed by atoms with Crippen LogP contribution in [0.2, 0.25) is 0 Å². The van der Waals surface area contributed by atoms with E-state index < -0.39 is 5.91 Å². The van der Waals surface area contributed by atoms with E-state index in [1.54, 1.807) is 12.1 Å². The minimum atomic E-state index is -0.445. The Hall–Kier alpha value is -1.75. The number of aromatic hydroxyl groups is 1. The van der Waals surface area contributed by atoms with Crippen LogP contribution in [0.1, 0.15) is 5.56 Å². The first-order valence-corrected chi connectivity index (χ1v) is 5.59. The predicted octanol–water partition coefficient (Wildman–Crippen LogP) is 0.257. The third kappa shape index (κ3) is 2.88. The van der Waals surface area contributed by atoms with Crippen LogP contribution in [0.15, 0.2) is 18.2 Å². The van der Waals surface area contributed by atoms with E-state index in [2.05, 4.69) is 4.90 Å². The van der Waals surface area contributed by atoms with Gasteiger partial charge in [0.1, 0.15) is 5.75 Å². The molecule has 0 spiro atoms. The number of amides is 1. The molecule has 5 nitrogen and oxygen atoms in total. The molecule has 3 N–H and O–H groups in total. The first-order valence-electron chi connectivity index (χ1n) is 5.59. The van der Waals surface area contributed by atoms with Crippen molar-refractivity contribution >= 4 is 11.6 Å². The van der Waals surface area contributed by atoms with E-state index >= 15 is 0 Å². The Kier molecular flexibility index (Phi) is 3.49. The number of morpholine rings is 1. The highest BCUT2D eigenvalue weighted by Gasteiger charge is 2.13. The van der Waals surface area contributed by atoms with Crippen molar-refractivity contribution < 1.29 is 14.6 Å². The average molecular weight is 236 g/mol. The van der Waals surface area contributed by atoms with Crippen molar-refractivity contribution in [3.63, 3.8) is 0 Å². The summed E-state index contributed by atoms with van der Waals surface area (Å²) in [5, 5.41) is 9.81. The van der Waals surface area contributed by atoms with E-state index in [0.717, 1.165) is 18.8 Å². The monoisotopic (exact) mass is 236 g/mol. The van der Waals surface area contributed by atoms with E-state index in [4.69, 9.17) is 10.5 Å². The summed E-state index contributed by atoms with van der Waals surface area (Å²) < 4.78 is 5.26. The number of carbonyl (C=O) groups excluding carboxylic acids is 1. The molecule has 1 heterocycles. The average Bonchev–Trinajstić information content (AvgIpc) is 2.32. The first-order chi connectivity index (χ1) is 8.16. The molecule has 0 saturated carbocycles. The number of hydrogen-bond acceptors (Lipinski definition) is 4. The number of anilines is 1. The van der Waals surface area contributed by atoms with Gasteiger partial charge in [-0.05, 0) is 6.07 Å². The van der Waals surface area contributed by atoms with Crippen molar-refractivity contribution in [2.45, 2.75) is 6.42 Å².